The van der Waals surface area contributed by atoms with Crippen LogP contribution in [-0.4, -0.2) is 15.3 Å². The van der Waals surface area contributed by atoms with Crippen molar-refractivity contribution in [3.8, 4) is 16.9 Å². The summed E-state index contributed by atoms with van der Waals surface area (Å²) in [5.41, 5.74) is 16.8. The van der Waals surface area contributed by atoms with Gasteiger partial charge in [-0.05, 0) is 47.4 Å². The standard InChI is InChI=1S/C21H20N4O/c22-18(10-13-4-2-1-3-5-13)15-7-9-20(26)17(11-15)14-6-8-16-19(12-14)24-25-21(16)23/h1-9,11-12,18,26H,10,22H2,(H3,23,24,25). The number of nitrogens with one attached hydrogen (secondary N) is 1. The molecule has 1 heterocycles. The molecule has 3 aromatic carbocycles. The first-order valence-corrected chi connectivity index (χ1v) is 8.48. The van der Waals surface area contributed by atoms with E-state index >= 15 is 0 Å². The van der Waals surface area contributed by atoms with E-state index in [0.29, 0.717) is 5.82 Å². The van der Waals surface area contributed by atoms with Gasteiger partial charge in [-0.2, -0.15) is 5.10 Å². The molecule has 0 bridgehead atoms. The van der Waals surface area contributed by atoms with Gasteiger partial charge in [0.1, 0.15) is 5.75 Å². The Balaban J connectivity index is 1.69. The molecule has 0 aliphatic heterocycles. The fraction of sp³-hybridized carbons (Fsp3) is 0.0952. The number of hydrogen-bond acceptors (Lipinski definition) is 4. The van der Waals surface area contributed by atoms with Crippen molar-refractivity contribution in [2.45, 2.75) is 12.5 Å². The Kier molecular flexibility index (Phi) is 4.07. The van der Waals surface area contributed by atoms with Crippen LogP contribution in [0.3, 0.4) is 0 Å². The van der Waals surface area contributed by atoms with Crippen LogP contribution in [0.4, 0.5) is 5.82 Å². The Morgan fingerprint density at radius 1 is 1.00 bits per heavy atom. The van der Waals surface area contributed by atoms with Crippen molar-refractivity contribution in [2.24, 2.45) is 5.73 Å². The van der Waals surface area contributed by atoms with Crippen LogP contribution in [-0.2, 0) is 6.42 Å². The van der Waals surface area contributed by atoms with Crippen molar-refractivity contribution in [2.75, 3.05) is 5.73 Å². The molecule has 0 spiro atoms. The van der Waals surface area contributed by atoms with Crippen molar-refractivity contribution in [1.82, 2.24) is 10.2 Å². The maximum Gasteiger partial charge on any atom is 0.153 e. The van der Waals surface area contributed by atoms with E-state index in [-0.39, 0.29) is 11.8 Å². The highest BCUT2D eigenvalue weighted by molar-refractivity contribution is 5.92. The van der Waals surface area contributed by atoms with Crippen LogP contribution in [0.15, 0.2) is 66.7 Å². The van der Waals surface area contributed by atoms with Crippen LogP contribution in [0.5, 0.6) is 5.75 Å². The van der Waals surface area contributed by atoms with E-state index in [0.717, 1.165) is 34.0 Å². The molecule has 1 atom stereocenters. The number of aromatic amines is 1. The smallest absolute Gasteiger partial charge is 0.153 e. The van der Waals surface area contributed by atoms with Crippen LogP contribution in [0.2, 0.25) is 0 Å². The van der Waals surface area contributed by atoms with Crippen molar-refractivity contribution in [3.05, 3.63) is 77.9 Å². The van der Waals surface area contributed by atoms with E-state index in [4.69, 9.17) is 11.5 Å². The number of aromatic nitrogens is 2. The quantitative estimate of drug-likeness (QED) is 0.453. The molecule has 0 amide bonds. The highest BCUT2D eigenvalue weighted by Crippen LogP contribution is 2.34. The van der Waals surface area contributed by atoms with Gasteiger partial charge in [0.2, 0.25) is 0 Å². The molecule has 26 heavy (non-hydrogen) atoms. The number of phenols is 1. The molecule has 5 nitrogen and oxygen atoms in total. The van der Waals surface area contributed by atoms with Gasteiger partial charge >= 0.3 is 0 Å². The Morgan fingerprint density at radius 2 is 1.81 bits per heavy atom. The Morgan fingerprint density at radius 3 is 2.62 bits per heavy atom. The summed E-state index contributed by atoms with van der Waals surface area (Å²) in [5.74, 6) is 0.682. The molecule has 0 radical (unpaired) electrons. The average Bonchev–Trinajstić information content (AvgIpc) is 3.03. The topological polar surface area (TPSA) is 101 Å². The van der Waals surface area contributed by atoms with Gasteiger partial charge in [0.15, 0.2) is 5.82 Å². The molecular formula is C21H20N4O. The lowest BCUT2D eigenvalue weighted by molar-refractivity contribution is 0.477. The Labute approximate surface area is 151 Å². The molecule has 5 heteroatoms. The summed E-state index contributed by atoms with van der Waals surface area (Å²) >= 11 is 0. The second-order valence-electron chi connectivity index (χ2n) is 6.44. The van der Waals surface area contributed by atoms with Crippen molar-refractivity contribution < 1.29 is 5.11 Å². The first-order chi connectivity index (χ1) is 12.6. The molecule has 0 aliphatic carbocycles. The molecule has 1 aromatic heterocycles. The SMILES string of the molecule is Nc1n[nH]c2cc(-c3cc(C(N)Cc4ccccc4)ccc3O)ccc12. The summed E-state index contributed by atoms with van der Waals surface area (Å²) in [6, 6.07) is 21.3. The van der Waals surface area contributed by atoms with E-state index in [1.807, 2.05) is 48.5 Å². The third-order valence-corrected chi connectivity index (χ3v) is 4.65. The fourth-order valence-corrected chi connectivity index (χ4v) is 3.21. The summed E-state index contributed by atoms with van der Waals surface area (Å²) < 4.78 is 0. The van der Waals surface area contributed by atoms with Crippen LogP contribution < -0.4 is 11.5 Å². The predicted octanol–water partition coefficient (Wildman–Crippen LogP) is 3.76. The number of nitrogen functional groups attached to an aromatic ring is 1. The normalized spacial score (nSPS) is 12.3. The third kappa shape index (κ3) is 3.00. The summed E-state index contributed by atoms with van der Waals surface area (Å²) in [4.78, 5) is 0. The highest BCUT2D eigenvalue weighted by atomic mass is 16.3. The zero-order chi connectivity index (χ0) is 18.1. The van der Waals surface area contributed by atoms with E-state index in [2.05, 4.69) is 22.3 Å². The van der Waals surface area contributed by atoms with E-state index in [9.17, 15) is 5.11 Å². The maximum absolute atomic E-state index is 10.3. The Bertz CT molecular complexity index is 1060. The minimum absolute atomic E-state index is 0.150. The number of nitrogens with zero attached hydrogens (tertiary/aromatic N) is 1. The Hall–Kier alpha value is -3.31. The number of phenolic OH excluding ortho intramolecular Hbond substituents is 1. The third-order valence-electron chi connectivity index (χ3n) is 4.65. The second-order valence-corrected chi connectivity index (χ2v) is 6.44. The molecule has 0 saturated carbocycles. The number of hydrogen-bond donors (Lipinski definition) is 4. The molecule has 4 aromatic rings. The molecular weight excluding hydrogens is 324 g/mol. The summed E-state index contributed by atoms with van der Waals surface area (Å²) in [7, 11) is 0. The summed E-state index contributed by atoms with van der Waals surface area (Å²) in [6.07, 6.45) is 0.737. The second kappa shape index (κ2) is 6.54. The zero-order valence-corrected chi connectivity index (χ0v) is 14.2. The largest absolute Gasteiger partial charge is 0.507 e. The number of nitrogens with two attached hydrogens (primary N) is 2. The number of fused-ring (bicyclic) bond motifs is 1. The maximum atomic E-state index is 10.3. The molecule has 1 unspecified atom stereocenters. The van der Waals surface area contributed by atoms with Gasteiger partial charge in [0.05, 0.1) is 5.52 Å². The van der Waals surface area contributed by atoms with Crippen LogP contribution in [0.1, 0.15) is 17.2 Å². The van der Waals surface area contributed by atoms with Crippen LogP contribution in [0, 0.1) is 0 Å². The zero-order valence-electron chi connectivity index (χ0n) is 14.2. The number of H-pyrrole nitrogens is 1. The van der Waals surface area contributed by atoms with Gasteiger partial charge in [0.25, 0.3) is 0 Å². The van der Waals surface area contributed by atoms with Gasteiger partial charge in [-0.25, -0.2) is 0 Å². The van der Waals surface area contributed by atoms with Gasteiger partial charge in [0, 0.05) is 17.0 Å². The monoisotopic (exact) mass is 344 g/mol. The number of benzene rings is 3. The van der Waals surface area contributed by atoms with Crippen LogP contribution >= 0.6 is 0 Å². The fourth-order valence-electron chi connectivity index (χ4n) is 3.21. The van der Waals surface area contributed by atoms with Gasteiger partial charge in [-0.1, -0.05) is 42.5 Å². The molecule has 6 N–H and O–H groups in total. The minimum Gasteiger partial charge on any atom is -0.507 e. The molecule has 0 aliphatic rings. The summed E-state index contributed by atoms with van der Waals surface area (Å²) in [5, 5.41) is 18.1. The van der Waals surface area contributed by atoms with Gasteiger partial charge in [-0.3, -0.25) is 5.10 Å². The van der Waals surface area contributed by atoms with Crippen molar-refractivity contribution in [3.63, 3.8) is 0 Å². The number of aromatic hydroxyl groups is 1. The van der Waals surface area contributed by atoms with E-state index in [1.54, 1.807) is 6.07 Å². The minimum atomic E-state index is -0.150. The molecule has 0 saturated heterocycles. The molecule has 4 rings (SSSR count). The molecule has 0 fully saturated rings. The average molecular weight is 344 g/mol. The van der Waals surface area contributed by atoms with Crippen molar-refractivity contribution in [1.29, 1.82) is 0 Å². The lowest BCUT2D eigenvalue weighted by Gasteiger charge is -2.15. The van der Waals surface area contributed by atoms with E-state index in [1.165, 1.54) is 5.56 Å². The lowest BCUT2D eigenvalue weighted by Crippen LogP contribution is -2.13. The van der Waals surface area contributed by atoms with Crippen molar-refractivity contribution >= 4 is 16.7 Å². The molecule has 130 valence electrons. The van der Waals surface area contributed by atoms with Gasteiger partial charge < -0.3 is 16.6 Å². The number of anilines is 1. The summed E-state index contributed by atoms with van der Waals surface area (Å²) in [6.45, 7) is 0. The first kappa shape index (κ1) is 16.2. The first-order valence-electron chi connectivity index (χ1n) is 8.48. The van der Waals surface area contributed by atoms with Gasteiger partial charge in [-0.15, -0.1) is 0 Å². The number of rotatable bonds is 4. The van der Waals surface area contributed by atoms with E-state index < -0.39 is 0 Å². The predicted molar refractivity (Wildman–Crippen MR) is 105 cm³/mol. The highest BCUT2D eigenvalue weighted by Gasteiger charge is 2.13. The van der Waals surface area contributed by atoms with Crippen LogP contribution in [0.25, 0.3) is 22.0 Å². The lowest BCUT2D eigenvalue weighted by atomic mass is 9.95.